The first kappa shape index (κ1) is 15.8. The van der Waals surface area contributed by atoms with Crippen molar-refractivity contribution >= 4 is 12.1 Å². The summed E-state index contributed by atoms with van der Waals surface area (Å²) in [6.45, 7) is 0.120. The normalized spacial score (nSPS) is 12.5. The Kier molecular flexibility index (Phi) is 4.25. The number of hydrogen-bond donors (Lipinski definition) is 1. The van der Waals surface area contributed by atoms with E-state index in [1.807, 2.05) is 30.3 Å². The van der Waals surface area contributed by atoms with Crippen molar-refractivity contribution in [1.82, 2.24) is 25.6 Å². The molecule has 0 spiro atoms. The van der Waals surface area contributed by atoms with E-state index in [2.05, 4.69) is 26.1 Å². The van der Waals surface area contributed by atoms with Crippen molar-refractivity contribution < 1.29 is 14.3 Å². The number of benzene rings is 2. The third-order valence-corrected chi connectivity index (χ3v) is 3.66. The maximum Gasteiger partial charge on any atom is 0.261 e. The van der Waals surface area contributed by atoms with Crippen LogP contribution in [0.3, 0.4) is 0 Å². The van der Waals surface area contributed by atoms with E-state index >= 15 is 0 Å². The molecule has 2 heterocycles. The number of carbonyl (C=O) groups is 1. The molecule has 1 aliphatic heterocycles. The summed E-state index contributed by atoms with van der Waals surface area (Å²) in [5.74, 6) is 1.40. The molecule has 0 fully saturated rings. The molecule has 1 amide bonds. The molecule has 0 radical (unpaired) electrons. The number of amides is 1. The summed E-state index contributed by atoms with van der Waals surface area (Å²) in [5.41, 5.74) is 4.07. The van der Waals surface area contributed by atoms with E-state index in [0.29, 0.717) is 17.3 Å². The second-order valence-corrected chi connectivity index (χ2v) is 5.43. The highest BCUT2D eigenvalue weighted by atomic mass is 16.7. The van der Waals surface area contributed by atoms with Gasteiger partial charge in [0.25, 0.3) is 5.91 Å². The van der Waals surface area contributed by atoms with Crippen molar-refractivity contribution in [2.75, 3.05) is 6.79 Å². The number of carbonyl (C=O) groups excluding carboxylic acids is 1. The number of nitrogens with zero attached hydrogens (tertiary/aromatic N) is 5. The molecule has 130 valence electrons. The summed E-state index contributed by atoms with van der Waals surface area (Å²) >= 11 is 0. The summed E-state index contributed by atoms with van der Waals surface area (Å²) in [6.07, 6.45) is 1.57. The molecule has 1 N–H and O–H groups in total. The summed E-state index contributed by atoms with van der Waals surface area (Å²) in [6, 6.07) is 14.8. The SMILES string of the molecule is O=C(Cn1nnnc1-c1ccc2c(c1)OCO2)N/N=C/c1ccccc1. The largest absolute Gasteiger partial charge is 0.454 e. The van der Waals surface area contributed by atoms with Crippen molar-refractivity contribution in [3.05, 3.63) is 54.1 Å². The average Bonchev–Trinajstić information content (AvgIpc) is 3.31. The van der Waals surface area contributed by atoms with Gasteiger partial charge in [0.15, 0.2) is 17.3 Å². The molecule has 26 heavy (non-hydrogen) atoms. The quantitative estimate of drug-likeness (QED) is 0.548. The molecule has 2 aromatic carbocycles. The second-order valence-electron chi connectivity index (χ2n) is 5.43. The third kappa shape index (κ3) is 3.36. The molecule has 9 nitrogen and oxygen atoms in total. The first-order valence-electron chi connectivity index (χ1n) is 7.83. The second kappa shape index (κ2) is 7.01. The molecule has 1 aromatic heterocycles. The van der Waals surface area contributed by atoms with E-state index in [1.165, 1.54) is 4.68 Å². The molecule has 9 heteroatoms. The minimum absolute atomic E-state index is 0.0666. The first-order valence-corrected chi connectivity index (χ1v) is 7.83. The molecule has 3 aromatic rings. The molecule has 0 saturated heterocycles. The van der Waals surface area contributed by atoms with Crippen molar-refractivity contribution in [2.24, 2.45) is 5.10 Å². The Hall–Kier alpha value is -3.75. The van der Waals surface area contributed by atoms with Gasteiger partial charge in [-0.15, -0.1) is 5.10 Å². The van der Waals surface area contributed by atoms with Crippen molar-refractivity contribution in [3.63, 3.8) is 0 Å². The highest BCUT2D eigenvalue weighted by Crippen LogP contribution is 2.35. The Bertz CT molecular complexity index is 954. The highest BCUT2D eigenvalue weighted by molar-refractivity contribution is 5.82. The standard InChI is InChI=1S/C17H14N6O3/c24-16(19-18-9-12-4-2-1-3-5-12)10-23-17(20-21-22-23)13-6-7-14-15(8-13)26-11-25-14/h1-9H,10-11H2,(H,19,24)/b18-9+. The van der Waals surface area contributed by atoms with Gasteiger partial charge in [-0.1, -0.05) is 30.3 Å². The number of tetrazole rings is 1. The maximum atomic E-state index is 12.1. The Morgan fingerprint density at radius 3 is 2.92 bits per heavy atom. The number of fused-ring (bicyclic) bond motifs is 1. The van der Waals surface area contributed by atoms with Crippen LogP contribution in [0.15, 0.2) is 53.6 Å². The number of aromatic nitrogens is 4. The van der Waals surface area contributed by atoms with Crippen LogP contribution in [0.25, 0.3) is 11.4 Å². The van der Waals surface area contributed by atoms with Crippen molar-refractivity contribution in [2.45, 2.75) is 6.54 Å². The van der Waals surface area contributed by atoms with Gasteiger partial charge in [0, 0.05) is 5.56 Å². The van der Waals surface area contributed by atoms with Crippen LogP contribution in [0.4, 0.5) is 0 Å². The fourth-order valence-corrected chi connectivity index (χ4v) is 2.44. The van der Waals surface area contributed by atoms with Crippen LogP contribution in [-0.4, -0.2) is 39.1 Å². The molecule has 0 bridgehead atoms. The van der Waals surface area contributed by atoms with E-state index in [1.54, 1.807) is 24.4 Å². The van der Waals surface area contributed by atoms with Crippen LogP contribution in [-0.2, 0) is 11.3 Å². The Balaban J connectivity index is 1.44. The summed E-state index contributed by atoms with van der Waals surface area (Å²) in [7, 11) is 0. The first-order chi connectivity index (χ1) is 12.8. The van der Waals surface area contributed by atoms with E-state index in [9.17, 15) is 4.79 Å². The molecular formula is C17H14N6O3. The predicted molar refractivity (Wildman–Crippen MR) is 91.6 cm³/mol. The minimum Gasteiger partial charge on any atom is -0.454 e. The summed E-state index contributed by atoms with van der Waals surface area (Å²) in [5, 5.41) is 15.4. The van der Waals surface area contributed by atoms with Gasteiger partial charge in [-0.2, -0.15) is 5.10 Å². The molecule has 0 aliphatic carbocycles. The van der Waals surface area contributed by atoms with Crippen LogP contribution in [0.5, 0.6) is 11.5 Å². The Morgan fingerprint density at radius 1 is 1.19 bits per heavy atom. The monoisotopic (exact) mass is 350 g/mol. The predicted octanol–water partition coefficient (Wildman–Crippen LogP) is 1.22. The molecule has 0 unspecified atom stereocenters. The molecular weight excluding hydrogens is 336 g/mol. The van der Waals surface area contributed by atoms with Crippen LogP contribution in [0, 0.1) is 0 Å². The minimum atomic E-state index is -0.341. The fourth-order valence-electron chi connectivity index (χ4n) is 2.44. The highest BCUT2D eigenvalue weighted by Gasteiger charge is 2.17. The van der Waals surface area contributed by atoms with E-state index in [0.717, 1.165) is 11.1 Å². The molecule has 4 rings (SSSR count). The smallest absolute Gasteiger partial charge is 0.261 e. The maximum absolute atomic E-state index is 12.1. The number of nitrogens with one attached hydrogen (secondary N) is 1. The zero-order valence-corrected chi connectivity index (χ0v) is 13.6. The number of hydrazone groups is 1. The lowest BCUT2D eigenvalue weighted by molar-refractivity contribution is -0.121. The van der Waals surface area contributed by atoms with E-state index in [-0.39, 0.29) is 19.2 Å². The van der Waals surface area contributed by atoms with Gasteiger partial charge < -0.3 is 9.47 Å². The lowest BCUT2D eigenvalue weighted by Gasteiger charge is -2.04. The van der Waals surface area contributed by atoms with Crippen LogP contribution >= 0.6 is 0 Å². The zero-order valence-electron chi connectivity index (χ0n) is 13.6. The van der Waals surface area contributed by atoms with Gasteiger partial charge in [-0.3, -0.25) is 4.79 Å². The average molecular weight is 350 g/mol. The fraction of sp³-hybridized carbons (Fsp3) is 0.118. The summed E-state index contributed by atoms with van der Waals surface area (Å²) in [4.78, 5) is 12.1. The van der Waals surface area contributed by atoms with Gasteiger partial charge in [0.05, 0.1) is 6.21 Å². The number of hydrogen-bond acceptors (Lipinski definition) is 7. The van der Waals surface area contributed by atoms with Crippen LogP contribution in [0.1, 0.15) is 5.56 Å². The van der Waals surface area contributed by atoms with Gasteiger partial charge in [0.1, 0.15) is 6.54 Å². The Morgan fingerprint density at radius 2 is 2.04 bits per heavy atom. The van der Waals surface area contributed by atoms with E-state index in [4.69, 9.17) is 9.47 Å². The third-order valence-electron chi connectivity index (χ3n) is 3.66. The van der Waals surface area contributed by atoms with Gasteiger partial charge in [-0.25, -0.2) is 10.1 Å². The van der Waals surface area contributed by atoms with Crippen LogP contribution < -0.4 is 14.9 Å². The lowest BCUT2D eigenvalue weighted by Crippen LogP contribution is -2.24. The van der Waals surface area contributed by atoms with Gasteiger partial charge >= 0.3 is 0 Å². The van der Waals surface area contributed by atoms with E-state index < -0.39 is 0 Å². The van der Waals surface area contributed by atoms with Crippen LogP contribution in [0.2, 0.25) is 0 Å². The van der Waals surface area contributed by atoms with Crippen molar-refractivity contribution in [3.8, 4) is 22.9 Å². The van der Waals surface area contributed by atoms with Crippen molar-refractivity contribution in [1.29, 1.82) is 0 Å². The Labute approximate surface area is 148 Å². The number of rotatable bonds is 5. The summed E-state index contributed by atoms with van der Waals surface area (Å²) < 4.78 is 12.0. The molecule has 1 aliphatic rings. The topological polar surface area (TPSA) is 104 Å². The zero-order chi connectivity index (χ0) is 17.8. The van der Waals surface area contributed by atoms with Gasteiger partial charge in [-0.05, 0) is 34.2 Å². The molecule has 0 saturated carbocycles. The van der Waals surface area contributed by atoms with Gasteiger partial charge in [0.2, 0.25) is 6.79 Å². The number of ether oxygens (including phenoxy) is 2. The lowest BCUT2D eigenvalue weighted by atomic mass is 10.2. The molecule has 0 atom stereocenters.